The van der Waals surface area contributed by atoms with E-state index in [1.165, 1.54) is 16.7 Å². The Kier molecular flexibility index (Phi) is 5.62. The lowest BCUT2D eigenvalue weighted by molar-refractivity contribution is -0.840. The maximum atomic E-state index is 11.7. The standard InChI is InChI=1S/C26H27NO3/c1-4-23(19-8-6-5-7-9-19)26(21-12-15-24-25(18-21)30-24)20-10-13-22(14-11-20)29-17-16-27(2,3)28/h5-15,18H,4,16-17H2,1-3H3/b26-23+. The average molecular weight is 402 g/mol. The molecule has 0 fully saturated rings. The Morgan fingerprint density at radius 1 is 0.867 bits per heavy atom. The summed E-state index contributed by atoms with van der Waals surface area (Å²) in [6, 6.07) is 24.9. The van der Waals surface area contributed by atoms with E-state index < -0.39 is 0 Å². The van der Waals surface area contributed by atoms with Gasteiger partial charge in [0.05, 0.1) is 14.1 Å². The molecule has 1 aliphatic rings. The molecule has 0 saturated carbocycles. The van der Waals surface area contributed by atoms with Crippen molar-refractivity contribution in [1.29, 1.82) is 0 Å². The fourth-order valence-electron chi connectivity index (χ4n) is 3.60. The first-order valence-corrected chi connectivity index (χ1v) is 10.3. The molecule has 154 valence electrons. The number of nitrogens with zero attached hydrogens (tertiary/aromatic N) is 1. The highest BCUT2D eigenvalue weighted by atomic mass is 16.6. The summed E-state index contributed by atoms with van der Waals surface area (Å²) in [6.45, 7) is 3.00. The first-order valence-electron chi connectivity index (χ1n) is 10.3. The minimum absolute atomic E-state index is 0.359. The van der Waals surface area contributed by atoms with E-state index in [0.717, 1.165) is 34.8 Å². The molecule has 4 rings (SSSR count). The van der Waals surface area contributed by atoms with E-state index in [1.807, 2.05) is 24.3 Å². The molecule has 0 radical (unpaired) electrons. The van der Waals surface area contributed by atoms with Crippen LogP contribution in [0.4, 0.5) is 0 Å². The first-order chi connectivity index (χ1) is 14.4. The van der Waals surface area contributed by atoms with Crippen molar-refractivity contribution in [1.82, 2.24) is 0 Å². The molecule has 4 heteroatoms. The number of rotatable bonds is 8. The molecule has 0 amide bonds. The maximum Gasteiger partial charge on any atom is 0.170 e. The Labute approximate surface area is 178 Å². The second kappa shape index (κ2) is 8.34. The molecule has 3 aromatic rings. The van der Waals surface area contributed by atoms with E-state index in [0.29, 0.717) is 13.2 Å². The molecule has 1 heterocycles. The third-order valence-corrected chi connectivity index (χ3v) is 5.23. The summed E-state index contributed by atoms with van der Waals surface area (Å²) in [7, 11) is 3.24. The third kappa shape index (κ3) is 4.73. The van der Waals surface area contributed by atoms with Crippen LogP contribution in [0.3, 0.4) is 0 Å². The molecule has 0 aromatic heterocycles. The Hall–Kier alpha value is -3.08. The quantitative estimate of drug-likeness (QED) is 0.155. The molecule has 0 bridgehead atoms. The van der Waals surface area contributed by atoms with Gasteiger partial charge in [0.25, 0.3) is 0 Å². The lowest BCUT2D eigenvalue weighted by Crippen LogP contribution is -2.36. The Morgan fingerprint density at radius 3 is 2.20 bits per heavy atom. The van der Waals surface area contributed by atoms with Crippen molar-refractivity contribution in [2.24, 2.45) is 0 Å². The smallest absolute Gasteiger partial charge is 0.170 e. The SMILES string of the molecule is CC/C(=C(/c1ccc(OCC[N+](C)(C)[O-])cc1)c1ccc2c(c1)O2)c1ccccc1. The number of likely N-dealkylation sites (N-methyl/N-ethyl adjacent to an activating group) is 1. The van der Waals surface area contributed by atoms with E-state index in [2.05, 4.69) is 55.5 Å². The highest BCUT2D eigenvalue weighted by Gasteiger charge is 2.22. The zero-order valence-electron chi connectivity index (χ0n) is 17.7. The first kappa shape index (κ1) is 20.2. The van der Waals surface area contributed by atoms with Gasteiger partial charge in [0.1, 0.15) is 18.9 Å². The number of fused-ring (bicyclic) bond motifs is 1. The zero-order chi connectivity index (χ0) is 21.1. The molecule has 0 N–H and O–H groups in total. The lowest BCUT2D eigenvalue weighted by Gasteiger charge is -2.33. The number of hydrogen-bond acceptors (Lipinski definition) is 3. The Bertz CT molecular complexity index is 1050. The highest BCUT2D eigenvalue weighted by Crippen LogP contribution is 2.47. The van der Waals surface area contributed by atoms with Gasteiger partial charge in [0.15, 0.2) is 11.5 Å². The van der Waals surface area contributed by atoms with Gasteiger partial charge in [-0.1, -0.05) is 55.5 Å². The minimum atomic E-state index is -0.359. The molecular formula is C26H27NO3. The van der Waals surface area contributed by atoms with Crippen molar-refractivity contribution in [2.75, 3.05) is 27.2 Å². The van der Waals surface area contributed by atoms with Crippen molar-refractivity contribution in [3.63, 3.8) is 0 Å². The predicted molar refractivity (Wildman–Crippen MR) is 121 cm³/mol. The number of ether oxygens (including phenoxy) is 2. The van der Waals surface area contributed by atoms with Crippen molar-refractivity contribution in [3.8, 4) is 17.2 Å². The van der Waals surface area contributed by atoms with Crippen LogP contribution < -0.4 is 9.47 Å². The number of benzene rings is 3. The summed E-state index contributed by atoms with van der Waals surface area (Å²) < 4.78 is 10.9. The molecule has 4 nitrogen and oxygen atoms in total. The van der Waals surface area contributed by atoms with Gasteiger partial charge in [-0.05, 0) is 58.5 Å². The predicted octanol–water partition coefficient (Wildman–Crippen LogP) is 6.11. The third-order valence-electron chi connectivity index (χ3n) is 5.23. The second-order valence-electron chi connectivity index (χ2n) is 8.01. The van der Waals surface area contributed by atoms with Crippen molar-refractivity contribution >= 4 is 11.1 Å². The molecule has 3 aromatic carbocycles. The normalized spacial score (nSPS) is 13.2. The fourth-order valence-corrected chi connectivity index (χ4v) is 3.60. The molecule has 0 atom stereocenters. The van der Waals surface area contributed by atoms with Crippen LogP contribution in [0.1, 0.15) is 30.0 Å². The van der Waals surface area contributed by atoms with Crippen molar-refractivity contribution in [2.45, 2.75) is 13.3 Å². The molecule has 30 heavy (non-hydrogen) atoms. The summed E-state index contributed by atoms with van der Waals surface area (Å²) in [6.07, 6.45) is 0.909. The van der Waals surface area contributed by atoms with E-state index in [-0.39, 0.29) is 4.65 Å². The van der Waals surface area contributed by atoms with Gasteiger partial charge in [0, 0.05) is 0 Å². The monoisotopic (exact) mass is 401 g/mol. The van der Waals surface area contributed by atoms with Crippen LogP contribution in [-0.2, 0) is 0 Å². The molecule has 1 aliphatic heterocycles. The van der Waals surface area contributed by atoms with Gasteiger partial charge in [-0.15, -0.1) is 0 Å². The van der Waals surface area contributed by atoms with Gasteiger partial charge in [-0.25, -0.2) is 0 Å². The van der Waals surface area contributed by atoms with Crippen LogP contribution in [0.15, 0.2) is 72.8 Å². The minimum Gasteiger partial charge on any atom is -0.633 e. The molecule has 0 unspecified atom stereocenters. The Balaban J connectivity index is 1.69. The van der Waals surface area contributed by atoms with Gasteiger partial charge < -0.3 is 19.3 Å². The maximum absolute atomic E-state index is 11.7. The number of hydroxylamine groups is 3. The average Bonchev–Trinajstić information content (AvgIpc) is 3.51. The van der Waals surface area contributed by atoms with Crippen LogP contribution in [0.2, 0.25) is 0 Å². The summed E-state index contributed by atoms with van der Waals surface area (Å²) >= 11 is 0. The summed E-state index contributed by atoms with van der Waals surface area (Å²) in [5.41, 5.74) is 5.98. The largest absolute Gasteiger partial charge is 0.633 e. The number of hydrogen-bond donors (Lipinski definition) is 0. The van der Waals surface area contributed by atoms with Gasteiger partial charge in [-0.2, -0.15) is 0 Å². The van der Waals surface area contributed by atoms with E-state index >= 15 is 0 Å². The van der Waals surface area contributed by atoms with E-state index in [9.17, 15) is 5.21 Å². The number of allylic oxidation sites excluding steroid dienone is 1. The second-order valence-corrected chi connectivity index (χ2v) is 8.01. The molecular weight excluding hydrogens is 374 g/mol. The zero-order valence-corrected chi connectivity index (χ0v) is 17.7. The Morgan fingerprint density at radius 2 is 1.57 bits per heavy atom. The molecule has 0 saturated heterocycles. The van der Waals surface area contributed by atoms with Crippen LogP contribution in [0, 0.1) is 5.21 Å². The van der Waals surface area contributed by atoms with Gasteiger partial charge in [-0.3, -0.25) is 0 Å². The van der Waals surface area contributed by atoms with Crippen molar-refractivity contribution in [3.05, 3.63) is 94.7 Å². The van der Waals surface area contributed by atoms with Gasteiger partial charge >= 0.3 is 0 Å². The summed E-state index contributed by atoms with van der Waals surface area (Å²) in [4.78, 5) is 0. The molecule has 0 spiro atoms. The van der Waals surface area contributed by atoms with Crippen LogP contribution in [-0.4, -0.2) is 31.9 Å². The van der Waals surface area contributed by atoms with Gasteiger partial charge in [0.2, 0.25) is 0 Å². The van der Waals surface area contributed by atoms with E-state index in [1.54, 1.807) is 14.1 Å². The fraction of sp³-hybridized carbons (Fsp3) is 0.231. The highest BCUT2D eigenvalue weighted by molar-refractivity contribution is 5.99. The van der Waals surface area contributed by atoms with Crippen LogP contribution >= 0.6 is 0 Å². The number of quaternary nitrogens is 1. The summed E-state index contributed by atoms with van der Waals surface area (Å²) in [5, 5.41) is 11.7. The molecule has 0 aliphatic carbocycles. The lowest BCUT2D eigenvalue weighted by atomic mass is 9.88. The topological polar surface area (TPSA) is 44.8 Å². The van der Waals surface area contributed by atoms with Crippen molar-refractivity contribution < 1.29 is 14.1 Å². The van der Waals surface area contributed by atoms with Crippen LogP contribution in [0.25, 0.3) is 11.1 Å². The summed E-state index contributed by atoms with van der Waals surface area (Å²) in [5.74, 6) is 2.68. The van der Waals surface area contributed by atoms with Crippen LogP contribution in [0.5, 0.6) is 17.2 Å². The van der Waals surface area contributed by atoms with E-state index in [4.69, 9.17) is 9.47 Å².